The highest BCUT2D eigenvalue weighted by atomic mass is 16.3. The van der Waals surface area contributed by atoms with E-state index in [9.17, 15) is 0 Å². The van der Waals surface area contributed by atoms with Gasteiger partial charge in [-0.1, -0.05) is 6.92 Å². The summed E-state index contributed by atoms with van der Waals surface area (Å²) in [7, 11) is 0. The van der Waals surface area contributed by atoms with Crippen molar-refractivity contribution in [2.75, 3.05) is 31.1 Å². The fraction of sp³-hybridized carbons (Fsp3) is 0.667. The van der Waals surface area contributed by atoms with Crippen LogP contribution in [0.2, 0.25) is 0 Å². The van der Waals surface area contributed by atoms with E-state index in [1.165, 1.54) is 0 Å². The summed E-state index contributed by atoms with van der Waals surface area (Å²) < 4.78 is 0. The van der Waals surface area contributed by atoms with Crippen LogP contribution in [0.25, 0.3) is 0 Å². The second-order valence-corrected chi connectivity index (χ2v) is 4.46. The van der Waals surface area contributed by atoms with Crippen molar-refractivity contribution in [2.45, 2.75) is 26.5 Å². The van der Waals surface area contributed by atoms with Crippen LogP contribution in [-0.4, -0.2) is 52.4 Å². The Hall–Kier alpha value is -1.20. The third-order valence-corrected chi connectivity index (χ3v) is 3.36. The minimum atomic E-state index is -0.0483. The molecule has 1 aromatic rings. The van der Waals surface area contributed by atoms with E-state index in [0.29, 0.717) is 11.7 Å². The van der Waals surface area contributed by atoms with Crippen molar-refractivity contribution in [1.29, 1.82) is 0 Å². The quantitative estimate of drug-likeness (QED) is 0.828. The molecular formula is C12H20N4O. The maximum atomic E-state index is 8.92. The largest absolute Gasteiger partial charge is 0.390 e. The molecule has 1 fully saturated rings. The number of anilines is 1. The Labute approximate surface area is 102 Å². The highest BCUT2D eigenvalue weighted by molar-refractivity contribution is 5.38. The second-order valence-electron chi connectivity index (χ2n) is 4.46. The van der Waals surface area contributed by atoms with E-state index in [4.69, 9.17) is 5.11 Å². The molecule has 1 unspecified atom stereocenters. The fourth-order valence-electron chi connectivity index (χ4n) is 2.28. The number of piperazine rings is 1. The summed E-state index contributed by atoms with van der Waals surface area (Å²) in [5.74, 6) is 0.907. The smallest absolute Gasteiger partial charge is 0.151 e. The van der Waals surface area contributed by atoms with Gasteiger partial charge in [-0.2, -0.15) is 5.10 Å². The molecule has 1 N–H and O–H groups in total. The molecule has 94 valence electrons. The van der Waals surface area contributed by atoms with Crippen LogP contribution in [0.1, 0.15) is 19.5 Å². The van der Waals surface area contributed by atoms with Crippen molar-refractivity contribution in [1.82, 2.24) is 15.1 Å². The summed E-state index contributed by atoms with van der Waals surface area (Å²) in [5.41, 5.74) is 0.619. The highest BCUT2D eigenvalue weighted by Gasteiger charge is 2.23. The number of aromatic nitrogens is 2. The van der Waals surface area contributed by atoms with Gasteiger partial charge in [-0.15, -0.1) is 5.10 Å². The van der Waals surface area contributed by atoms with Crippen molar-refractivity contribution in [3.8, 4) is 0 Å². The Morgan fingerprint density at radius 1 is 1.35 bits per heavy atom. The molecule has 1 aliphatic heterocycles. The molecule has 0 saturated carbocycles. The van der Waals surface area contributed by atoms with E-state index < -0.39 is 0 Å². The summed E-state index contributed by atoms with van der Waals surface area (Å²) in [4.78, 5) is 4.72. The van der Waals surface area contributed by atoms with Crippen LogP contribution in [-0.2, 0) is 6.61 Å². The van der Waals surface area contributed by atoms with Crippen LogP contribution in [0.5, 0.6) is 0 Å². The molecule has 0 amide bonds. The van der Waals surface area contributed by atoms with Gasteiger partial charge in [-0.05, 0) is 25.6 Å². The third-order valence-electron chi connectivity index (χ3n) is 3.36. The molecule has 1 aromatic heterocycles. The van der Waals surface area contributed by atoms with Gasteiger partial charge in [0.05, 0.1) is 12.3 Å². The van der Waals surface area contributed by atoms with E-state index in [1.807, 2.05) is 12.1 Å². The van der Waals surface area contributed by atoms with E-state index in [-0.39, 0.29) is 6.61 Å². The molecule has 0 aromatic carbocycles. The van der Waals surface area contributed by atoms with Gasteiger partial charge in [0.15, 0.2) is 5.82 Å². The average Bonchev–Trinajstić information content (AvgIpc) is 2.39. The van der Waals surface area contributed by atoms with Crippen LogP contribution < -0.4 is 4.90 Å². The van der Waals surface area contributed by atoms with Crippen molar-refractivity contribution >= 4 is 5.82 Å². The number of nitrogens with zero attached hydrogens (tertiary/aromatic N) is 4. The van der Waals surface area contributed by atoms with Crippen LogP contribution in [0, 0.1) is 0 Å². The lowest BCUT2D eigenvalue weighted by atomic mass is 10.2. The molecule has 5 heteroatoms. The van der Waals surface area contributed by atoms with Gasteiger partial charge >= 0.3 is 0 Å². The average molecular weight is 236 g/mol. The zero-order valence-corrected chi connectivity index (χ0v) is 10.5. The summed E-state index contributed by atoms with van der Waals surface area (Å²) in [6.45, 7) is 8.54. The minimum Gasteiger partial charge on any atom is -0.390 e. The predicted molar refractivity (Wildman–Crippen MR) is 66.9 cm³/mol. The van der Waals surface area contributed by atoms with Crippen LogP contribution in [0.3, 0.4) is 0 Å². The number of likely N-dealkylation sites (N-methyl/N-ethyl adjacent to an activating group) is 1. The van der Waals surface area contributed by atoms with E-state index in [0.717, 1.165) is 32.0 Å². The Kier molecular flexibility index (Phi) is 3.91. The zero-order chi connectivity index (χ0) is 12.3. The first-order valence-electron chi connectivity index (χ1n) is 6.17. The first-order chi connectivity index (χ1) is 8.24. The molecule has 2 heterocycles. The molecule has 17 heavy (non-hydrogen) atoms. The molecule has 0 bridgehead atoms. The molecular weight excluding hydrogens is 216 g/mol. The molecule has 5 nitrogen and oxygen atoms in total. The van der Waals surface area contributed by atoms with Crippen molar-refractivity contribution < 1.29 is 5.11 Å². The standard InChI is InChI=1S/C12H20N4O/c1-3-15-6-7-16(8-10(15)2)12-5-4-11(9-17)13-14-12/h4-5,10,17H,3,6-9H2,1-2H3. The number of hydrogen-bond acceptors (Lipinski definition) is 5. The fourth-order valence-corrected chi connectivity index (χ4v) is 2.28. The second kappa shape index (κ2) is 5.42. The zero-order valence-electron chi connectivity index (χ0n) is 10.5. The number of rotatable bonds is 3. The van der Waals surface area contributed by atoms with Gasteiger partial charge in [0.1, 0.15) is 0 Å². The highest BCUT2D eigenvalue weighted by Crippen LogP contribution is 2.16. The van der Waals surface area contributed by atoms with E-state index >= 15 is 0 Å². The Bertz CT molecular complexity index is 354. The SMILES string of the molecule is CCN1CCN(c2ccc(CO)nn2)CC1C. The Balaban J connectivity index is 2.03. The summed E-state index contributed by atoms with van der Waals surface area (Å²) in [6.07, 6.45) is 0. The number of aliphatic hydroxyl groups is 1. The molecule has 0 radical (unpaired) electrons. The van der Waals surface area contributed by atoms with Crippen molar-refractivity contribution in [3.63, 3.8) is 0 Å². The lowest BCUT2D eigenvalue weighted by Crippen LogP contribution is -2.52. The normalized spacial score (nSPS) is 21.8. The predicted octanol–water partition coefficient (Wildman–Crippen LogP) is 0.499. The number of hydrogen-bond donors (Lipinski definition) is 1. The van der Waals surface area contributed by atoms with E-state index in [1.54, 1.807) is 0 Å². The monoisotopic (exact) mass is 236 g/mol. The Morgan fingerprint density at radius 2 is 2.18 bits per heavy atom. The van der Waals surface area contributed by atoms with Gasteiger partial charge in [0.2, 0.25) is 0 Å². The lowest BCUT2D eigenvalue weighted by Gasteiger charge is -2.39. The molecule has 0 spiro atoms. The van der Waals surface area contributed by atoms with Gasteiger partial charge in [0, 0.05) is 25.7 Å². The topological polar surface area (TPSA) is 52.5 Å². The lowest BCUT2D eigenvalue weighted by molar-refractivity contribution is 0.199. The maximum absolute atomic E-state index is 8.92. The van der Waals surface area contributed by atoms with Crippen LogP contribution in [0.15, 0.2) is 12.1 Å². The van der Waals surface area contributed by atoms with Crippen molar-refractivity contribution in [3.05, 3.63) is 17.8 Å². The van der Waals surface area contributed by atoms with Crippen molar-refractivity contribution in [2.24, 2.45) is 0 Å². The van der Waals surface area contributed by atoms with Crippen LogP contribution >= 0.6 is 0 Å². The number of aliphatic hydroxyl groups excluding tert-OH is 1. The summed E-state index contributed by atoms with van der Waals surface area (Å²) >= 11 is 0. The first kappa shape index (κ1) is 12.3. The van der Waals surface area contributed by atoms with Gasteiger partial charge in [-0.25, -0.2) is 0 Å². The minimum absolute atomic E-state index is 0.0483. The summed E-state index contributed by atoms with van der Waals surface area (Å²) in [6, 6.07) is 4.32. The Morgan fingerprint density at radius 3 is 2.71 bits per heavy atom. The molecule has 2 rings (SSSR count). The van der Waals surface area contributed by atoms with Gasteiger partial charge < -0.3 is 10.0 Å². The third kappa shape index (κ3) is 2.73. The van der Waals surface area contributed by atoms with Crippen LogP contribution in [0.4, 0.5) is 5.82 Å². The maximum Gasteiger partial charge on any atom is 0.151 e. The first-order valence-corrected chi connectivity index (χ1v) is 6.17. The molecule has 1 saturated heterocycles. The van der Waals surface area contributed by atoms with Gasteiger partial charge in [-0.3, -0.25) is 4.90 Å². The molecule has 0 aliphatic carbocycles. The molecule has 1 aliphatic rings. The van der Waals surface area contributed by atoms with Gasteiger partial charge in [0.25, 0.3) is 0 Å². The van der Waals surface area contributed by atoms with E-state index in [2.05, 4.69) is 33.8 Å². The molecule has 1 atom stereocenters. The summed E-state index contributed by atoms with van der Waals surface area (Å²) in [5, 5.41) is 17.1.